The van der Waals surface area contributed by atoms with Gasteiger partial charge in [0.1, 0.15) is 9.77 Å². The summed E-state index contributed by atoms with van der Waals surface area (Å²) in [5, 5.41) is 3.67. The van der Waals surface area contributed by atoms with Crippen LogP contribution in [0.5, 0.6) is 0 Å². The standard InChI is InChI=1S/C17H22N2O3S3/c1-2-18(13-14-7-6-11-23-14)17(20)16-15(8-12-24-16)25(21,22)19-9-4-3-5-10-19/h6-8,11-12H,2-5,9-10,13H2,1H3. The average Bonchev–Trinajstić information content (AvgIpc) is 3.31. The smallest absolute Gasteiger partial charge is 0.265 e. The van der Waals surface area contributed by atoms with Gasteiger partial charge in [-0.05, 0) is 42.7 Å². The third kappa shape index (κ3) is 3.97. The molecule has 1 amide bonds. The van der Waals surface area contributed by atoms with Gasteiger partial charge in [0.15, 0.2) is 0 Å². The minimum Gasteiger partial charge on any atom is -0.333 e. The molecule has 1 saturated heterocycles. The molecule has 0 radical (unpaired) electrons. The molecule has 0 aliphatic carbocycles. The predicted octanol–water partition coefficient (Wildman–Crippen LogP) is 3.65. The SMILES string of the molecule is CCN(Cc1cccs1)C(=O)c1sccc1S(=O)(=O)N1CCCCC1. The number of rotatable bonds is 6. The van der Waals surface area contributed by atoms with Gasteiger partial charge in [0.05, 0.1) is 6.54 Å². The minimum atomic E-state index is -3.60. The molecular formula is C17H22N2O3S3. The summed E-state index contributed by atoms with van der Waals surface area (Å²) in [5.74, 6) is -0.207. The monoisotopic (exact) mass is 398 g/mol. The number of hydrogen-bond donors (Lipinski definition) is 0. The van der Waals surface area contributed by atoms with Crippen LogP contribution < -0.4 is 0 Å². The first-order valence-electron chi connectivity index (χ1n) is 8.43. The van der Waals surface area contributed by atoms with Gasteiger partial charge in [-0.1, -0.05) is 12.5 Å². The van der Waals surface area contributed by atoms with Crippen LogP contribution in [0.2, 0.25) is 0 Å². The highest BCUT2D eigenvalue weighted by Gasteiger charge is 2.32. The number of carbonyl (C=O) groups is 1. The molecule has 0 N–H and O–H groups in total. The van der Waals surface area contributed by atoms with Crippen molar-refractivity contribution in [2.45, 2.75) is 37.6 Å². The Morgan fingerprint density at radius 1 is 1.16 bits per heavy atom. The molecule has 3 heterocycles. The lowest BCUT2D eigenvalue weighted by atomic mass is 10.2. The maximum absolute atomic E-state index is 13.0. The van der Waals surface area contributed by atoms with Crippen molar-refractivity contribution >= 4 is 38.6 Å². The van der Waals surface area contributed by atoms with E-state index in [0.29, 0.717) is 31.1 Å². The van der Waals surface area contributed by atoms with Gasteiger partial charge in [-0.3, -0.25) is 4.79 Å². The lowest BCUT2D eigenvalue weighted by Crippen LogP contribution is -2.37. The van der Waals surface area contributed by atoms with Crippen LogP contribution in [-0.4, -0.2) is 43.2 Å². The molecule has 8 heteroatoms. The number of amides is 1. The van der Waals surface area contributed by atoms with E-state index in [2.05, 4.69) is 0 Å². The molecule has 136 valence electrons. The molecule has 0 atom stereocenters. The Bertz CT molecular complexity index is 806. The van der Waals surface area contributed by atoms with E-state index in [1.807, 2.05) is 24.4 Å². The van der Waals surface area contributed by atoms with Gasteiger partial charge in [0, 0.05) is 24.5 Å². The summed E-state index contributed by atoms with van der Waals surface area (Å²) in [4.78, 5) is 16.2. The molecule has 5 nitrogen and oxygen atoms in total. The Labute approximate surface area is 156 Å². The molecule has 0 unspecified atom stereocenters. The molecule has 3 rings (SSSR count). The van der Waals surface area contributed by atoms with E-state index >= 15 is 0 Å². The third-order valence-corrected chi connectivity index (χ3v) is 8.19. The highest BCUT2D eigenvalue weighted by atomic mass is 32.2. The summed E-state index contributed by atoms with van der Waals surface area (Å²) < 4.78 is 27.4. The topological polar surface area (TPSA) is 57.7 Å². The van der Waals surface area contributed by atoms with Crippen molar-refractivity contribution in [3.8, 4) is 0 Å². The van der Waals surface area contributed by atoms with Gasteiger partial charge >= 0.3 is 0 Å². The number of sulfonamides is 1. The van der Waals surface area contributed by atoms with Gasteiger partial charge in [0.2, 0.25) is 10.0 Å². The molecule has 0 saturated carbocycles. The van der Waals surface area contributed by atoms with Gasteiger partial charge in [-0.15, -0.1) is 22.7 Å². The van der Waals surface area contributed by atoms with Crippen LogP contribution in [0, 0.1) is 0 Å². The van der Waals surface area contributed by atoms with Crippen LogP contribution in [-0.2, 0) is 16.6 Å². The van der Waals surface area contributed by atoms with Crippen molar-refractivity contribution in [2.75, 3.05) is 19.6 Å². The van der Waals surface area contributed by atoms with Crippen LogP contribution in [0.3, 0.4) is 0 Å². The number of thiophene rings is 2. The van der Waals surface area contributed by atoms with Gasteiger partial charge in [-0.2, -0.15) is 4.31 Å². The van der Waals surface area contributed by atoms with Crippen LogP contribution in [0.15, 0.2) is 33.9 Å². The maximum Gasteiger partial charge on any atom is 0.265 e. The van der Waals surface area contributed by atoms with E-state index in [0.717, 1.165) is 24.1 Å². The second-order valence-electron chi connectivity index (χ2n) is 5.98. The van der Waals surface area contributed by atoms with Crippen molar-refractivity contribution in [2.24, 2.45) is 0 Å². The highest BCUT2D eigenvalue weighted by Crippen LogP contribution is 2.29. The summed E-state index contributed by atoms with van der Waals surface area (Å²) >= 11 is 2.81. The zero-order chi connectivity index (χ0) is 17.9. The Balaban J connectivity index is 1.85. The lowest BCUT2D eigenvalue weighted by Gasteiger charge is -2.26. The quantitative estimate of drug-likeness (QED) is 0.746. The Kier molecular flexibility index (Phi) is 5.93. The Morgan fingerprint density at radius 3 is 2.56 bits per heavy atom. The fraction of sp³-hybridized carbons (Fsp3) is 0.471. The van der Waals surface area contributed by atoms with Crippen molar-refractivity contribution in [1.29, 1.82) is 0 Å². The summed E-state index contributed by atoms with van der Waals surface area (Å²) in [6.07, 6.45) is 2.82. The molecule has 25 heavy (non-hydrogen) atoms. The van der Waals surface area contributed by atoms with E-state index in [9.17, 15) is 13.2 Å². The van der Waals surface area contributed by atoms with Crippen LogP contribution in [0.4, 0.5) is 0 Å². The Morgan fingerprint density at radius 2 is 1.92 bits per heavy atom. The average molecular weight is 399 g/mol. The first-order chi connectivity index (χ1) is 12.0. The van der Waals surface area contributed by atoms with E-state index in [1.54, 1.807) is 27.7 Å². The van der Waals surface area contributed by atoms with E-state index in [1.165, 1.54) is 15.6 Å². The molecule has 0 spiro atoms. The van der Waals surface area contributed by atoms with Gasteiger partial charge < -0.3 is 4.90 Å². The minimum absolute atomic E-state index is 0.161. The summed E-state index contributed by atoms with van der Waals surface area (Å²) in [7, 11) is -3.60. The summed E-state index contributed by atoms with van der Waals surface area (Å²) in [6, 6.07) is 5.51. The predicted molar refractivity (Wildman–Crippen MR) is 102 cm³/mol. The van der Waals surface area contributed by atoms with E-state index < -0.39 is 10.0 Å². The van der Waals surface area contributed by atoms with Crippen molar-refractivity contribution in [3.63, 3.8) is 0 Å². The Hall–Kier alpha value is -1.22. The molecule has 1 fully saturated rings. The first-order valence-corrected chi connectivity index (χ1v) is 11.6. The number of piperidine rings is 1. The molecule has 0 bridgehead atoms. The van der Waals surface area contributed by atoms with Crippen molar-refractivity contribution in [1.82, 2.24) is 9.21 Å². The molecule has 2 aromatic heterocycles. The summed E-state index contributed by atoms with van der Waals surface area (Å²) in [5.41, 5.74) is 0. The van der Waals surface area contributed by atoms with Gasteiger partial charge in [0.25, 0.3) is 5.91 Å². The molecule has 1 aliphatic rings. The lowest BCUT2D eigenvalue weighted by molar-refractivity contribution is 0.0755. The first kappa shape index (κ1) is 18.6. The summed E-state index contributed by atoms with van der Waals surface area (Å²) in [6.45, 7) is 4.04. The zero-order valence-electron chi connectivity index (χ0n) is 14.2. The molecular weight excluding hydrogens is 376 g/mol. The largest absolute Gasteiger partial charge is 0.333 e. The number of carbonyl (C=O) groups excluding carboxylic acids is 1. The number of nitrogens with zero attached hydrogens (tertiary/aromatic N) is 2. The molecule has 2 aromatic rings. The number of hydrogen-bond acceptors (Lipinski definition) is 5. The second-order valence-corrected chi connectivity index (χ2v) is 9.83. The maximum atomic E-state index is 13.0. The van der Waals surface area contributed by atoms with Crippen LogP contribution >= 0.6 is 22.7 Å². The molecule has 1 aliphatic heterocycles. The van der Waals surface area contributed by atoms with Crippen LogP contribution in [0.25, 0.3) is 0 Å². The third-order valence-electron chi connectivity index (χ3n) is 4.35. The van der Waals surface area contributed by atoms with Crippen molar-refractivity contribution < 1.29 is 13.2 Å². The highest BCUT2D eigenvalue weighted by molar-refractivity contribution is 7.89. The van der Waals surface area contributed by atoms with E-state index in [4.69, 9.17) is 0 Å². The normalized spacial score (nSPS) is 16.0. The van der Waals surface area contributed by atoms with E-state index in [-0.39, 0.29) is 10.8 Å². The second kappa shape index (κ2) is 7.99. The molecule has 0 aromatic carbocycles. The zero-order valence-corrected chi connectivity index (χ0v) is 16.6. The van der Waals surface area contributed by atoms with Crippen LogP contribution in [0.1, 0.15) is 40.7 Å². The van der Waals surface area contributed by atoms with Gasteiger partial charge in [-0.25, -0.2) is 8.42 Å². The fourth-order valence-corrected chi connectivity index (χ4v) is 6.56. The van der Waals surface area contributed by atoms with Crippen molar-refractivity contribution in [3.05, 3.63) is 38.7 Å². The fourth-order valence-electron chi connectivity index (χ4n) is 2.96.